The van der Waals surface area contributed by atoms with Crippen LogP contribution in [0.1, 0.15) is 29.3 Å². The molecule has 0 unspecified atom stereocenters. The number of aromatic nitrogens is 1. The monoisotopic (exact) mass is 549 g/mol. The number of hydrogen-bond acceptors (Lipinski definition) is 4. The first-order valence-corrected chi connectivity index (χ1v) is 9.11. The van der Waals surface area contributed by atoms with Gasteiger partial charge in [0.15, 0.2) is 5.96 Å². The SMILES string of the molecule is CN=C(NCCC(=O)Nc1cc(Br)ccc1C)NCc1nc(C)c(C)o1.I. The van der Waals surface area contributed by atoms with Crippen LogP contribution in [-0.2, 0) is 11.3 Å². The summed E-state index contributed by atoms with van der Waals surface area (Å²) in [6.45, 7) is 6.63. The number of hydrogen-bond donors (Lipinski definition) is 3. The van der Waals surface area contributed by atoms with Gasteiger partial charge in [-0.05, 0) is 38.5 Å². The van der Waals surface area contributed by atoms with Crippen LogP contribution in [0.5, 0.6) is 0 Å². The zero-order chi connectivity index (χ0) is 19.1. The van der Waals surface area contributed by atoms with Crippen LogP contribution in [0, 0.1) is 20.8 Å². The van der Waals surface area contributed by atoms with Crippen LogP contribution in [0.2, 0.25) is 0 Å². The van der Waals surface area contributed by atoms with Crippen LogP contribution in [0.4, 0.5) is 5.69 Å². The summed E-state index contributed by atoms with van der Waals surface area (Å²) in [5.41, 5.74) is 2.70. The van der Waals surface area contributed by atoms with Crippen molar-refractivity contribution in [3.63, 3.8) is 0 Å². The molecular weight excluding hydrogens is 525 g/mol. The fraction of sp³-hybridized carbons (Fsp3) is 0.389. The van der Waals surface area contributed by atoms with Crippen molar-refractivity contribution in [2.45, 2.75) is 33.7 Å². The Hall–Kier alpha value is -1.62. The van der Waals surface area contributed by atoms with Gasteiger partial charge in [-0.1, -0.05) is 22.0 Å². The van der Waals surface area contributed by atoms with Crippen molar-refractivity contribution in [2.75, 3.05) is 18.9 Å². The van der Waals surface area contributed by atoms with Gasteiger partial charge in [-0.3, -0.25) is 9.79 Å². The quantitative estimate of drug-likeness (QED) is 0.290. The van der Waals surface area contributed by atoms with E-state index in [1.54, 1.807) is 7.05 Å². The summed E-state index contributed by atoms with van der Waals surface area (Å²) in [5, 5.41) is 9.13. The van der Waals surface area contributed by atoms with E-state index in [2.05, 4.69) is 41.9 Å². The average Bonchev–Trinajstić information content (AvgIpc) is 2.92. The Morgan fingerprint density at radius 1 is 1.26 bits per heavy atom. The van der Waals surface area contributed by atoms with Gasteiger partial charge >= 0.3 is 0 Å². The second kappa shape index (κ2) is 11.3. The summed E-state index contributed by atoms with van der Waals surface area (Å²) in [5.74, 6) is 1.94. The number of aryl methyl sites for hydroxylation is 3. The van der Waals surface area contributed by atoms with Gasteiger partial charge in [-0.15, -0.1) is 24.0 Å². The second-order valence-corrected chi connectivity index (χ2v) is 6.77. The second-order valence-electron chi connectivity index (χ2n) is 5.86. The molecule has 0 radical (unpaired) electrons. The fourth-order valence-electron chi connectivity index (χ4n) is 2.23. The molecule has 0 bridgehead atoms. The first kappa shape index (κ1) is 23.4. The number of rotatable bonds is 6. The van der Waals surface area contributed by atoms with Crippen LogP contribution in [0.3, 0.4) is 0 Å². The first-order valence-electron chi connectivity index (χ1n) is 8.32. The first-order chi connectivity index (χ1) is 12.4. The average molecular weight is 550 g/mol. The highest BCUT2D eigenvalue weighted by atomic mass is 127. The van der Waals surface area contributed by atoms with E-state index in [1.807, 2.05) is 39.0 Å². The largest absolute Gasteiger partial charge is 0.444 e. The number of oxazole rings is 1. The number of guanidine groups is 1. The van der Waals surface area contributed by atoms with Gasteiger partial charge in [0.05, 0.1) is 12.2 Å². The number of nitrogens with one attached hydrogen (secondary N) is 3. The Bertz CT molecular complexity index is 788. The number of anilines is 1. The molecule has 0 aliphatic rings. The third-order valence-corrected chi connectivity index (χ3v) is 4.31. The van der Waals surface area contributed by atoms with Crippen molar-refractivity contribution >= 4 is 57.5 Å². The van der Waals surface area contributed by atoms with E-state index in [-0.39, 0.29) is 29.9 Å². The Labute approximate surface area is 185 Å². The maximum atomic E-state index is 12.1. The fourth-order valence-corrected chi connectivity index (χ4v) is 2.59. The highest BCUT2D eigenvalue weighted by Crippen LogP contribution is 2.20. The van der Waals surface area contributed by atoms with Gasteiger partial charge in [-0.2, -0.15) is 0 Å². The number of amides is 1. The van der Waals surface area contributed by atoms with Gasteiger partial charge in [-0.25, -0.2) is 4.98 Å². The summed E-state index contributed by atoms with van der Waals surface area (Å²) in [7, 11) is 1.67. The highest BCUT2D eigenvalue weighted by molar-refractivity contribution is 14.0. The summed E-state index contributed by atoms with van der Waals surface area (Å²) < 4.78 is 6.44. The Morgan fingerprint density at radius 2 is 2.00 bits per heavy atom. The maximum absolute atomic E-state index is 12.1. The van der Waals surface area contributed by atoms with Crippen molar-refractivity contribution < 1.29 is 9.21 Å². The molecule has 1 heterocycles. The number of nitrogens with zero attached hydrogens (tertiary/aromatic N) is 2. The molecule has 27 heavy (non-hydrogen) atoms. The van der Waals surface area contributed by atoms with Gasteiger partial charge in [0.2, 0.25) is 11.8 Å². The van der Waals surface area contributed by atoms with Gasteiger partial charge < -0.3 is 20.4 Å². The lowest BCUT2D eigenvalue weighted by atomic mass is 10.2. The minimum Gasteiger partial charge on any atom is -0.444 e. The third-order valence-electron chi connectivity index (χ3n) is 3.82. The molecule has 3 N–H and O–H groups in total. The van der Waals surface area contributed by atoms with E-state index in [0.29, 0.717) is 31.4 Å². The van der Waals surface area contributed by atoms with Crippen molar-refractivity contribution in [1.29, 1.82) is 0 Å². The molecule has 2 rings (SSSR count). The molecular formula is C18H25BrIN5O2. The van der Waals surface area contributed by atoms with E-state index in [1.165, 1.54) is 0 Å². The smallest absolute Gasteiger partial charge is 0.226 e. The number of carbonyl (C=O) groups is 1. The Morgan fingerprint density at radius 3 is 2.63 bits per heavy atom. The lowest BCUT2D eigenvalue weighted by molar-refractivity contribution is -0.116. The summed E-state index contributed by atoms with van der Waals surface area (Å²) in [6.07, 6.45) is 0.323. The summed E-state index contributed by atoms with van der Waals surface area (Å²) in [6, 6.07) is 5.79. The molecule has 0 saturated carbocycles. The molecule has 0 aliphatic heterocycles. The molecule has 0 fully saturated rings. The van der Waals surface area contributed by atoms with Crippen LogP contribution in [-0.4, -0.2) is 30.4 Å². The molecule has 1 amide bonds. The number of carbonyl (C=O) groups excluding carboxylic acids is 1. The van der Waals surface area contributed by atoms with Crippen molar-refractivity contribution in [2.24, 2.45) is 4.99 Å². The maximum Gasteiger partial charge on any atom is 0.226 e. The molecule has 1 aromatic heterocycles. The molecule has 1 aromatic carbocycles. The van der Waals surface area contributed by atoms with Gasteiger partial charge in [0, 0.05) is 30.2 Å². The molecule has 0 spiro atoms. The Kier molecular flexibility index (Phi) is 9.78. The molecule has 0 aliphatic carbocycles. The summed E-state index contributed by atoms with van der Waals surface area (Å²) in [4.78, 5) is 20.5. The molecule has 9 heteroatoms. The molecule has 0 saturated heterocycles. The van der Waals surface area contributed by atoms with Crippen molar-refractivity contribution in [3.05, 3.63) is 45.6 Å². The molecule has 7 nitrogen and oxygen atoms in total. The predicted molar refractivity (Wildman–Crippen MR) is 122 cm³/mol. The third kappa shape index (κ3) is 7.49. The minimum absolute atomic E-state index is 0. The van der Waals surface area contributed by atoms with E-state index < -0.39 is 0 Å². The van der Waals surface area contributed by atoms with E-state index in [0.717, 1.165) is 27.2 Å². The standard InChI is InChI=1S/C18H24BrN5O2.HI/c1-11-5-6-14(19)9-15(11)24-16(25)7-8-21-18(20-4)22-10-17-23-12(2)13(3)26-17;/h5-6,9H,7-8,10H2,1-4H3,(H,24,25)(H2,20,21,22);1H. The number of aliphatic imine (C=N–C) groups is 1. The predicted octanol–water partition coefficient (Wildman–Crippen LogP) is 3.67. The zero-order valence-electron chi connectivity index (χ0n) is 15.9. The van der Waals surface area contributed by atoms with Gasteiger partial charge in [0.1, 0.15) is 5.76 Å². The van der Waals surface area contributed by atoms with E-state index in [4.69, 9.17) is 4.42 Å². The van der Waals surface area contributed by atoms with E-state index >= 15 is 0 Å². The molecule has 2 aromatic rings. The Balaban J connectivity index is 0.00000364. The van der Waals surface area contributed by atoms with Gasteiger partial charge in [0.25, 0.3) is 0 Å². The minimum atomic E-state index is -0.0619. The number of benzene rings is 1. The van der Waals surface area contributed by atoms with Crippen LogP contribution in [0.15, 0.2) is 32.1 Å². The number of halogens is 2. The summed E-state index contributed by atoms with van der Waals surface area (Å²) >= 11 is 3.41. The van der Waals surface area contributed by atoms with E-state index in [9.17, 15) is 4.79 Å². The van der Waals surface area contributed by atoms with Crippen LogP contribution in [0.25, 0.3) is 0 Å². The zero-order valence-corrected chi connectivity index (χ0v) is 19.8. The van der Waals surface area contributed by atoms with Crippen LogP contribution < -0.4 is 16.0 Å². The van der Waals surface area contributed by atoms with Crippen molar-refractivity contribution in [3.8, 4) is 0 Å². The normalized spacial score (nSPS) is 10.9. The lowest BCUT2D eigenvalue weighted by Gasteiger charge is -2.12. The topological polar surface area (TPSA) is 91.5 Å². The lowest BCUT2D eigenvalue weighted by Crippen LogP contribution is -2.38. The van der Waals surface area contributed by atoms with Crippen molar-refractivity contribution in [1.82, 2.24) is 15.6 Å². The van der Waals surface area contributed by atoms with Crippen LogP contribution >= 0.6 is 39.9 Å². The highest BCUT2D eigenvalue weighted by Gasteiger charge is 2.08. The molecule has 0 atom stereocenters. The molecule has 148 valence electrons.